The van der Waals surface area contributed by atoms with Crippen molar-refractivity contribution in [1.82, 2.24) is 4.90 Å². The zero-order valence-corrected chi connectivity index (χ0v) is 27.3. The van der Waals surface area contributed by atoms with E-state index < -0.39 is 15.9 Å². The third kappa shape index (κ3) is 8.31. The molecule has 1 aliphatic rings. The molecule has 0 atom stereocenters. The van der Waals surface area contributed by atoms with Crippen LogP contribution in [-0.4, -0.2) is 50.2 Å². The van der Waals surface area contributed by atoms with Crippen LogP contribution in [0, 0.1) is 0 Å². The number of hydrogen-bond acceptors (Lipinski definition) is 10. The maximum absolute atomic E-state index is 13.6. The fourth-order valence-electron chi connectivity index (χ4n) is 4.17. The fraction of sp³-hybridized carbons (Fsp3) is 0.0968. The Morgan fingerprint density at radius 2 is 1.85 bits per heavy atom. The van der Waals surface area contributed by atoms with Gasteiger partial charge >= 0.3 is 0 Å². The molecule has 46 heavy (non-hydrogen) atoms. The number of halogens is 1. The minimum Gasteiger partial charge on any atom is -0.496 e. The summed E-state index contributed by atoms with van der Waals surface area (Å²) in [6.07, 6.45) is 4.72. The maximum atomic E-state index is 13.6. The summed E-state index contributed by atoms with van der Waals surface area (Å²) in [5.74, 6) is 0.738. The number of benzene rings is 3. The highest BCUT2D eigenvalue weighted by atomic mass is 79.9. The molecule has 0 spiro atoms. The average molecular weight is 725 g/mol. The van der Waals surface area contributed by atoms with Crippen molar-refractivity contribution in [1.29, 1.82) is 0 Å². The molecule has 1 aromatic heterocycles. The Kier molecular flexibility index (Phi) is 10.4. The Morgan fingerprint density at radius 1 is 1.07 bits per heavy atom. The van der Waals surface area contributed by atoms with Crippen molar-refractivity contribution in [3.8, 4) is 11.5 Å². The van der Waals surface area contributed by atoms with Crippen LogP contribution in [0.25, 0.3) is 6.08 Å². The number of nitrogens with zero attached hydrogens (tertiary/aromatic N) is 3. The van der Waals surface area contributed by atoms with Gasteiger partial charge in [-0.15, -0.1) is 5.10 Å². The van der Waals surface area contributed by atoms with Crippen molar-refractivity contribution < 1.29 is 31.9 Å². The number of nitrogens with two attached hydrogens (primary N) is 1. The van der Waals surface area contributed by atoms with Gasteiger partial charge in [-0.3, -0.25) is 14.5 Å². The lowest BCUT2D eigenvalue weighted by atomic mass is 10.2. The van der Waals surface area contributed by atoms with Gasteiger partial charge in [-0.2, -0.15) is 5.10 Å². The number of carbonyl (C=O) groups is 2. The molecule has 3 N–H and O–H groups in total. The second kappa shape index (κ2) is 14.6. The smallest absolute Gasteiger partial charge is 0.267 e. The molecule has 15 heteroatoms. The highest BCUT2D eigenvalue weighted by Gasteiger charge is 2.34. The molecular formula is C31H26BrN5O7S2. The van der Waals surface area contributed by atoms with Crippen molar-refractivity contribution in [2.75, 3.05) is 19.0 Å². The molecular weight excluding hydrogens is 698 g/mol. The van der Waals surface area contributed by atoms with Gasteiger partial charge in [-0.05, 0) is 84.6 Å². The third-order valence-corrected chi connectivity index (χ3v) is 8.76. The van der Waals surface area contributed by atoms with Gasteiger partial charge in [-0.25, -0.2) is 13.6 Å². The molecule has 236 valence electrons. The fourth-order valence-corrected chi connectivity index (χ4v) is 5.99. The highest BCUT2D eigenvalue weighted by Crippen LogP contribution is 2.36. The van der Waals surface area contributed by atoms with Crippen LogP contribution >= 0.6 is 27.7 Å². The van der Waals surface area contributed by atoms with Crippen LogP contribution < -0.4 is 19.9 Å². The van der Waals surface area contributed by atoms with E-state index in [0.29, 0.717) is 38.6 Å². The molecule has 0 saturated carbocycles. The molecule has 1 aliphatic heterocycles. The minimum atomic E-state index is -3.85. The van der Waals surface area contributed by atoms with E-state index in [2.05, 4.69) is 31.4 Å². The van der Waals surface area contributed by atoms with E-state index in [1.165, 1.54) is 35.4 Å². The normalized spacial score (nSPS) is 15.2. The number of thioether (sulfide) groups is 1. The van der Waals surface area contributed by atoms with Gasteiger partial charge in [0.15, 0.2) is 11.8 Å². The average Bonchev–Trinajstić information content (AvgIpc) is 3.65. The van der Waals surface area contributed by atoms with Gasteiger partial charge in [0.05, 0.1) is 35.9 Å². The van der Waals surface area contributed by atoms with Crippen molar-refractivity contribution in [2.24, 2.45) is 15.3 Å². The summed E-state index contributed by atoms with van der Waals surface area (Å²) in [4.78, 5) is 28.0. The number of carbonyl (C=O) groups excluding carboxylic acids is 2. The number of anilines is 1. The zero-order chi connectivity index (χ0) is 32.7. The summed E-state index contributed by atoms with van der Waals surface area (Å²) < 4.78 is 40.3. The highest BCUT2D eigenvalue weighted by molar-refractivity contribution is 9.10. The zero-order valence-electron chi connectivity index (χ0n) is 24.1. The number of furan rings is 1. The molecule has 0 unspecified atom stereocenters. The van der Waals surface area contributed by atoms with E-state index in [1.807, 2.05) is 24.3 Å². The summed E-state index contributed by atoms with van der Waals surface area (Å²) >= 11 is 4.58. The summed E-state index contributed by atoms with van der Waals surface area (Å²) in [6, 6.07) is 21.4. The molecule has 4 aromatic rings. The van der Waals surface area contributed by atoms with E-state index in [4.69, 9.17) is 19.0 Å². The van der Waals surface area contributed by atoms with Crippen molar-refractivity contribution in [2.45, 2.75) is 11.4 Å². The second-order valence-corrected chi connectivity index (χ2v) is 13.0. The number of rotatable bonds is 11. The second-order valence-electron chi connectivity index (χ2n) is 9.54. The Balaban J connectivity index is 1.35. The molecule has 0 bridgehead atoms. The summed E-state index contributed by atoms with van der Waals surface area (Å²) in [6.45, 7) is -0.218. The van der Waals surface area contributed by atoms with Crippen molar-refractivity contribution in [3.63, 3.8) is 0 Å². The van der Waals surface area contributed by atoms with Gasteiger partial charge in [0.1, 0.15) is 17.3 Å². The van der Waals surface area contributed by atoms with E-state index in [-0.39, 0.29) is 24.0 Å². The molecule has 1 fully saturated rings. The van der Waals surface area contributed by atoms with E-state index in [9.17, 15) is 18.0 Å². The van der Waals surface area contributed by atoms with Gasteiger partial charge in [0, 0.05) is 21.3 Å². The molecule has 0 radical (unpaired) electrons. The first-order valence-corrected chi connectivity index (χ1v) is 16.6. The minimum absolute atomic E-state index is 0.0761. The predicted octanol–water partition coefficient (Wildman–Crippen LogP) is 5.22. The molecule has 5 rings (SSSR count). The summed E-state index contributed by atoms with van der Waals surface area (Å²) in [5, 5.41) is 16.7. The molecule has 3 aromatic carbocycles. The number of amidine groups is 1. The number of nitrogens with one attached hydrogen (secondary N) is 1. The van der Waals surface area contributed by atoms with Crippen LogP contribution in [0.2, 0.25) is 0 Å². The SMILES string of the molecule is COc1ccccc1/C=N\N=C1\S/C(=C\c2cc(Br)ccc2OCC(=O)Nc2ccc(S(N)(=O)=O)cc2)C(=O)N1Cc1ccco1. The first-order chi connectivity index (χ1) is 22.1. The quantitative estimate of drug-likeness (QED) is 0.121. The first kappa shape index (κ1) is 32.7. The van der Waals surface area contributed by atoms with Crippen LogP contribution in [0.1, 0.15) is 16.9 Å². The van der Waals surface area contributed by atoms with Gasteiger partial charge < -0.3 is 19.2 Å². The van der Waals surface area contributed by atoms with Crippen LogP contribution in [0.15, 0.2) is 114 Å². The molecule has 2 amide bonds. The van der Waals surface area contributed by atoms with Crippen molar-refractivity contribution >= 4 is 72.7 Å². The topological polar surface area (TPSA) is 166 Å². The van der Waals surface area contributed by atoms with E-state index in [1.54, 1.807) is 49.7 Å². The molecule has 1 saturated heterocycles. The van der Waals surface area contributed by atoms with Gasteiger partial charge in [0.2, 0.25) is 10.0 Å². The standard InChI is InChI=1S/C31H26BrN5O7S2/c1-42-26-7-3-2-5-20(26)17-34-36-31-37(18-24-6-4-14-43-24)30(39)28(45-31)16-21-15-22(32)8-13-27(21)44-19-29(38)35-23-9-11-25(12-10-23)46(33,40)41/h2-17H,18-19H2,1H3,(H,35,38)(H2,33,40,41)/b28-16-,34-17-,36-31+. The molecule has 12 nitrogen and oxygen atoms in total. The van der Waals surface area contributed by atoms with Crippen LogP contribution in [-0.2, 0) is 26.2 Å². The monoisotopic (exact) mass is 723 g/mol. The molecule has 2 heterocycles. The Labute approximate surface area is 277 Å². The lowest BCUT2D eigenvalue weighted by Gasteiger charge is -2.13. The Morgan fingerprint density at radius 3 is 2.57 bits per heavy atom. The number of amides is 2. The molecule has 0 aliphatic carbocycles. The van der Waals surface area contributed by atoms with Crippen LogP contribution in [0.5, 0.6) is 11.5 Å². The van der Waals surface area contributed by atoms with Crippen LogP contribution in [0.4, 0.5) is 5.69 Å². The van der Waals surface area contributed by atoms with Gasteiger partial charge in [0.25, 0.3) is 11.8 Å². The number of para-hydroxylation sites is 1. The van der Waals surface area contributed by atoms with E-state index in [0.717, 1.165) is 21.8 Å². The first-order valence-electron chi connectivity index (χ1n) is 13.4. The Bertz CT molecular complexity index is 1940. The predicted molar refractivity (Wildman–Crippen MR) is 179 cm³/mol. The lowest BCUT2D eigenvalue weighted by molar-refractivity contribution is -0.122. The number of primary sulfonamides is 1. The number of ether oxygens (including phenoxy) is 2. The summed E-state index contributed by atoms with van der Waals surface area (Å²) in [5.41, 5.74) is 1.62. The van der Waals surface area contributed by atoms with E-state index >= 15 is 0 Å². The Hall–Kier alpha value is -4.70. The van der Waals surface area contributed by atoms with Crippen LogP contribution in [0.3, 0.4) is 0 Å². The summed E-state index contributed by atoms with van der Waals surface area (Å²) in [7, 11) is -2.29. The maximum Gasteiger partial charge on any atom is 0.267 e. The largest absolute Gasteiger partial charge is 0.496 e. The lowest BCUT2D eigenvalue weighted by Crippen LogP contribution is -2.28. The number of sulfonamides is 1. The number of methoxy groups -OCH3 is 1. The number of hydrogen-bond donors (Lipinski definition) is 2. The van der Waals surface area contributed by atoms with Crippen molar-refractivity contribution in [3.05, 3.63) is 111 Å². The third-order valence-electron chi connectivity index (χ3n) is 6.34. The van der Waals surface area contributed by atoms with Gasteiger partial charge in [-0.1, -0.05) is 28.1 Å².